The van der Waals surface area contributed by atoms with Crippen LogP contribution in [0.3, 0.4) is 0 Å². The highest BCUT2D eigenvalue weighted by atomic mass is 16.3. The third kappa shape index (κ3) is 15.6. The van der Waals surface area contributed by atoms with Gasteiger partial charge in [-0.15, -0.1) is 0 Å². The first kappa shape index (κ1) is 46.4. The van der Waals surface area contributed by atoms with Crippen LogP contribution in [0, 0.1) is 0 Å². The van der Waals surface area contributed by atoms with Gasteiger partial charge in [-0.3, -0.25) is 43.2 Å². The van der Waals surface area contributed by atoms with E-state index in [0.29, 0.717) is 18.4 Å². The van der Waals surface area contributed by atoms with Crippen LogP contribution in [0.25, 0.3) is 0 Å². The highest BCUT2D eigenvalue weighted by Gasteiger charge is 2.35. The van der Waals surface area contributed by atoms with Gasteiger partial charge in [-0.05, 0) is 38.2 Å². The van der Waals surface area contributed by atoms with Gasteiger partial charge in [0, 0.05) is 19.4 Å². The number of rotatable bonds is 12. The molecule has 0 saturated carbocycles. The molecule has 0 spiro atoms. The number of aliphatic hydroxyl groups excluding tert-OH is 3. The van der Waals surface area contributed by atoms with Gasteiger partial charge < -0.3 is 69.7 Å². The maximum atomic E-state index is 13.5. The molecule has 8 atom stereocenters. The number of hydrogen-bond acceptors (Lipinski definition) is 13. The van der Waals surface area contributed by atoms with Gasteiger partial charge in [0.25, 0.3) is 0 Å². The predicted molar refractivity (Wildman–Crippen MR) is 195 cm³/mol. The van der Waals surface area contributed by atoms with Crippen molar-refractivity contribution in [2.24, 2.45) is 17.2 Å². The second-order valence-electron chi connectivity index (χ2n) is 13.2. The van der Waals surface area contributed by atoms with Gasteiger partial charge in [0.05, 0.1) is 31.8 Å². The lowest BCUT2D eigenvalue weighted by Gasteiger charge is -2.27. The fraction of sp³-hybridized carbons (Fsp3) is 0.559. The minimum Gasteiger partial charge on any atom is -0.394 e. The van der Waals surface area contributed by atoms with Crippen LogP contribution in [0.5, 0.6) is 0 Å². The number of nitrogens with one attached hydrogen (secondary N) is 7. The van der Waals surface area contributed by atoms with Crippen molar-refractivity contribution in [1.29, 1.82) is 0 Å². The lowest BCUT2D eigenvalue weighted by Crippen LogP contribution is -2.62. The third-order valence-electron chi connectivity index (χ3n) is 8.57. The molecule has 0 radical (unpaired) electrons. The molecule has 1 aromatic rings. The van der Waals surface area contributed by atoms with E-state index in [2.05, 4.69) is 37.2 Å². The van der Waals surface area contributed by atoms with Crippen molar-refractivity contribution >= 4 is 53.2 Å². The van der Waals surface area contributed by atoms with Gasteiger partial charge in [-0.25, -0.2) is 0 Å². The maximum absolute atomic E-state index is 13.5. The van der Waals surface area contributed by atoms with Crippen molar-refractivity contribution in [1.82, 2.24) is 37.2 Å². The molecule has 1 aliphatic heterocycles. The summed E-state index contributed by atoms with van der Waals surface area (Å²) < 4.78 is 0. The van der Waals surface area contributed by atoms with E-state index >= 15 is 0 Å². The maximum Gasteiger partial charge on any atom is 0.245 e. The summed E-state index contributed by atoms with van der Waals surface area (Å²) in [4.78, 5) is 116. The molecule has 9 amide bonds. The normalized spacial score (nSPS) is 23.9. The number of carbonyl (C=O) groups excluding carboxylic acids is 9. The largest absolute Gasteiger partial charge is 0.394 e. The zero-order valence-electron chi connectivity index (χ0n) is 30.8. The second-order valence-corrected chi connectivity index (χ2v) is 13.2. The van der Waals surface area contributed by atoms with Gasteiger partial charge in [0.1, 0.15) is 36.3 Å². The summed E-state index contributed by atoms with van der Waals surface area (Å²) in [5.74, 6) is -8.91. The fourth-order valence-electron chi connectivity index (χ4n) is 5.37. The van der Waals surface area contributed by atoms with Crippen molar-refractivity contribution < 1.29 is 58.5 Å². The molecular weight excluding hydrogens is 740 g/mol. The van der Waals surface area contributed by atoms with E-state index in [0.717, 1.165) is 6.92 Å². The predicted octanol–water partition coefficient (Wildman–Crippen LogP) is -6.73. The number of nitrogens with two attached hydrogens (primary N) is 3. The van der Waals surface area contributed by atoms with E-state index < -0.39 is 128 Å². The highest BCUT2D eigenvalue weighted by molar-refractivity contribution is 5.98. The van der Waals surface area contributed by atoms with Crippen LogP contribution >= 0.6 is 0 Å². The molecule has 56 heavy (non-hydrogen) atoms. The van der Waals surface area contributed by atoms with Crippen LogP contribution in [0.1, 0.15) is 51.0 Å². The molecule has 1 aromatic carbocycles. The van der Waals surface area contributed by atoms with Crippen LogP contribution in [0.15, 0.2) is 30.3 Å². The standard InChI is InChI=1S/C34H52N10O12/c1-17(47)27-34(56)43-24(16-46)32(54)39-20(30(52)42-23(15-45)33(55)40-21(28(37)50)13-18-7-3-2-4-8-18)10-11-26(49)38-12-6-5-9-19(35)29(51)41-22(14-25(36)48)31(53)44-27/h2-4,7-8,17,19-24,27,45-47H,5-6,9-16,35H2,1H3,(H2,36,48)(H2,37,50)(H,38,49)(H,39,54)(H,40,55)(H,41,51)(H,42,52)(H,43,56)(H,44,53)/t17-,19?,20?,21+,22+,23+,24+,27+/m1/s1. The van der Waals surface area contributed by atoms with E-state index in [4.69, 9.17) is 17.2 Å². The Balaban J connectivity index is 2.35. The first-order valence-electron chi connectivity index (χ1n) is 17.8. The monoisotopic (exact) mass is 792 g/mol. The average molecular weight is 793 g/mol. The molecule has 2 rings (SSSR count). The van der Waals surface area contributed by atoms with Gasteiger partial charge >= 0.3 is 0 Å². The van der Waals surface area contributed by atoms with Crippen LogP contribution in [0.4, 0.5) is 0 Å². The van der Waals surface area contributed by atoms with Crippen molar-refractivity contribution in [3.63, 3.8) is 0 Å². The molecule has 0 bridgehead atoms. The molecule has 22 nitrogen and oxygen atoms in total. The Morgan fingerprint density at radius 2 is 1.46 bits per heavy atom. The topological polar surface area (TPSA) is 377 Å². The molecule has 22 heteroatoms. The number of primary amides is 2. The summed E-state index contributed by atoms with van der Waals surface area (Å²) in [5.41, 5.74) is 17.3. The SMILES string of the molecule is C[C@@H](O)[C@@H]1NC(=O)[C@H](CC(N)=O)NC(=O)C(N)CCCCNC(=O)CCC(C(=O)N[C@@H](CO)C(=O)N[C@@H](Cc2ccccc2)C(N)=O)NC(=O)[C@H](CO)NC1=O. The van der Waals surface area contributed by atoms with Crippen molar-refractivity contribution in [3.05, 3.63) is 35.9 Å². The third-order valence-corrected chi connectivity index (χ3v) is 8.57. The van der Waals surface area contributed by atoms with E-state index in [1.165, 1.54) is 0 Å². The number of aliphatic hydroxyl groups is 3. The summed E-state index contributed by atoms with van der Waals surface area (Å²) in [6.45, 7) is -0.839. The molecule has 1 aliphatic rings. The van der Waals surface area contributed by atoms with Crippen LogP contribution < -0.4 is 54.4 Å². The first-order chi connectivity index (χ1) is 26.5. The van der Waals surface area contributed by atoms with Crippen LogP contribution in [-0.2, 0) is 49.6 Å². The molecule has 310 valence electrons. The molecule has 1 fully saturated rings. The molecule has 2 unspecified atom stereocenters. The minimum absolute atomic E-state index is 0.00849. The van der Waals surface area contributed by atoms with E-state index in [1.54, 1.807) is 30.3 Å². The van der Waals surface area contributed by atoms with Gasteiger partial charge in [-0.1, -0.05) is 30.3 Å². The highest BCUT2D eigenvalue weighted by Crippen LogP contribution is 2.07. The lowest BCUT2D eigenvalue weighted by molar-refractivity contribution is -0.138. The Kier molecular flexibility index (Phi) is 19.3. The smallest absolute Gasteiger partial charge is 0.245 e. The molecule has 0 aliphatic carbocycles. The second kappa shape index (κ2) is 23.3. The van der Waals surface area contributed by atoms with Crippen molar-refractivity contribution in [2.75, 3.05) is 19.8 Å². The summed E-state index contributed by atoms with van der Waals surface area (Å²) >= 11 is 0. The van der Waals surface area contributed by atoms with E-state index in [1.807, 2.05) is 0 Å². The Hall–Kier alpha value is -5.71. The Morgan fingerprint density at radius 1 is 0.821 bits per heavy atom. The molecule has 1 heterocycles. The van der Waals surface area contributed by atoms with Gasteiger partial charge in [0.2, 0.25) is 53.2 Å². The Bertz CT molecular complexity index is 1560. The summed E-state index contributed by atoms with van der Waals surface area (Å²) in [6.07, 6.45) is -2.38. The number of carbonyl (C=O) groups is 9. The number of amides is 9. The number of benzene rings is 1. The summed E-state index contributed by atoms with van der Waals surface area (Å²) in [7, 11) is 0. The van der Waals surface area contributed by atoms with Crippen molar-refractivity contribution in [2.45, 2.75) is 100 Å². The summed E-state index contributed by atoms with van der Waals surface area (Å²) in [6, 6.07) is -2.43. The molecule has 16 N–H and O–H groups in total. The lowest BCUT2D eigenvalue weighted by atomic mass is 10.0. The van der Waals surface area contributed by atoms with Crippen LogP contribution in [0.2, 0.25) is 0 Å². The molecular formula is C34H52N10O12. The fourth-order valence-corrected chi connectivity index (χ4v) is 5.37. The number of hydrogen-bond donors (Lipinski definition) is 13. The average Bonchev–Trinajstić information content (AvgIpc) is 3.14. The zero-order valence-corrected chi connectivity index (χ0v) is 30.8. The zero-order chi connectivity index (χ0) is 41.9. The Labute approximate surface area is 321 Å². The summed E-state index contributed by atoms with van der Waals surface area (Å²) in [5, 5.41) is 46.5. The van der Waals surface area contributed by atoms with Crippen LogP contribution in [-0.4, -0.2) is 137 Å². The molecule has 1 saturated heterocycles. The van der Waals surface area contributed by atoms with Crippen molar-refractivity contribution in [3.8, 4) is 0 Å². The van der Waals surface area contributed by atoms with E-state index in [-0.39, 0.29) is 25.8 Å². The van der Waals surface area contributed by atoms with Gasteiger partial charge in [0.15, 0.2) is 0 Å². The van der Waals surface area contributed by atoms with E-state index in [9.17, 15) is 58.5 Å². The first-order valence-corrected chi connectivity index (χ1v) is 17.8. The van der Waals surface area contributed by atoms with Gasteiger partial charge in [-0.2, -0.15) is 0 Å². The minimum atomic E-state index is -1.83. The molecule has 0 aromatic heterocycles. The Morgan fingerprint density at radius 3 is 2.05 bits per heavy atom. The quantitative estimate of drug-likeness (QED) is 0.0937.